The average Bonchev–Trinajstić information content (AvgIpc) is 3.20. The Morgan fingerprint density at radius 1 is 1.17 bits per heavy atom. The number of nitrogens with one attached hydrogen (secondary N) is 1. The Morgan fingerprint density at radius 2 is 1.97 bits per heavy atom. The van der Waals surface area contributed by atoms with Gasteiger partial charge >= 0.3 is 5.69 Å². The average molecular weight is 402 g/mol. The highest BCUT2D eigenvalue weighted by molar-refractivity contribution is 6.04. The standard InChI is InChI=1S/C22H18N4O4/c1-30-21-10-9-16(11-20(21)26(28)29)22(27)24-18-12-23-25(14-18)13-17-7-4-6-15-5-2-3-8-19(15)17/h2-12,14H,13H2,1H3,(H,24,27). The van der Waals surface area contributed by atoms with Crippen LogP contribution in [0.3, 0.4) is 0 Å². The van der Waals surface area contributed by atoms with Gasteiger partial charge in [0, 0.05) is 17.8 Å². The Morgan fingerprint density at radius 3 is 2.77 bits per heavy atom. The number of anilines is 1. The Labute approximate surface area is 171 Å². The molecule has 0 saturated carbocycles. The molecule has 1 aromatic heterocycles. The number of aromatic nitrogens is 2. The normalized spacial score (nSPS) is 10.7. The fourth-order valence-electron chi connectivity index (χ4n) is 3.30. The van der Waals surface area contributed by atoms with Crippen molar-refractivity contribution in [2.24, 2.45) is 0 Å². The van der Waals surface area contributed by atoms with Gasteiger partial charge in [-0.05, 0) is 28.5 Å². The van der Waals surface area contributed by atoms with Crippen LogP contribution < -0.4 is 10.1 Å². The van der Waals surface area contributed by atoms with Crippen LogP contribution in [-0.4, -0.2) is 27.7 Å². The molecular formula is C22H18N4O4. The monoisotopic (exact) mass is 402 g/mol. The molecule has 8 heteroatoms. The summed E-state index contributed by atoms with van der Waals surface area (Å²) in [6.45, 7) is 0.547. The fraction of sp³-hybridized carbons (Fsp3) is 0.0909. The minimum Gasteiger partial charge on any atom is -0.490 e. The largest absolute Gasteiger partial charge is 0.490 e. The second-order valence-corrected chi connectivity index (χ2v) is 6.66. The van der Waals surface area contributed by atoms with E-state index in [1.165, 1.54) is 25.3 Å². The third-order valence-corrected chi connectivity index (χ3v) is 4.74. The third kappa shape index (κ3) is 3.83. The zero-order valence-corrected chi connectivity index (χ0v) is 16.1. The molecule has 0 aliphatic carbocycles. The third-order valence-electron chi connectivity index (χ3n) is 4.74. The lowest BCUT2D eigenvalue weighted by Gasteiger charge is -2.07. The van der Waals surface area contributed by atoms with Crippen molar-refractivity contribution in [2.45, 2.75) is 6.54 Å². The number of hydrogen-bond acceptors (Lipinski definition) is 5. The summed E-state index contributed by atoms with van der Waals surface area (Å²) >= 11 is 0. The van der Waals surface area contributed by atoms with Gasteiger partial charge in [-0.2, -0.15) is 5.10 Å². The molecule has 0 bridgehead atoms. The molecule has 0 spiro atoms. The molecule has 0 aliphatic rings. The molecule has 0 aliphatic heterocycles. The van der Waals surface area contributed by atoms with Crippen LogP contribution in [0.15, 0.2) is 73.1 Å². The zero-order valence-electron chi connectivity index (χ0n) is 16.1. The first-order chi connectivity index (χ1) is 14.5. The van der Waals surface area contributed by atoms with Gasteiger partial charge in [0.25, 0.3) is 5.91 Å². The SMILES string of the molecule is COc1ccc(C(=O)Nc2cnn(Cc3cccc4ccccc34)c2)cc1[N+](=O)[O-]. The number of carbonyl (C=O) groups excluding carboxylic acids is 1. The second kappa shape index (κ2) is 8.04. The van der Waals surface area contributed by atoms with E-state index in [2.05, 4.69) is 28.6 Å². The minimum absolute atomic E-state index is 0.0967. The molecule has 0 radical (unpaired) electrons. The van der Waals surface area contributed by atoms with E-state index >= 15 is 0 Å². The van der Waals surface area contributed by atoms with E-state index < -0.39 is 10.8 Å². The van der Waals surface area contributed by atoms with Gasteiger partial charge in [-0.3, -0.25) is 19.6 Å². The van der Waals surface area contributed by atoms with Gasteiger partial charge in [0.15, 0.2) is 5.75 Å². The Hall–Kier alpha value is -4.20. The highest BCUT2D eigenvalue weighted by Crippen LogP contribution is 2.28. The molecule has 1 amide bonds. The predicted molar refractivity (Wildman–Crippen MR) is 113 cm³/mol. The van der Waals surface area contributed by atoms with Crippen LogP contribution in [0, 0.1) is 10.1 Å². The lowest BCUT2D eigenvalue weighted by molar-refractivity contribution is -0.385. The molecule has 3 aromatic carbocycles. The van der Waals surface area contributed by atoms with Crippen molar-refractivity contribution >= 4 is 28.1 Å². The molecule has 4 aromatic rings. The van der Waals surface area contributed by atoms with Gasteiger partial charge < -0.3 is 10.1 Å². The van der Waals surface area contributed by atoms with Crippen LogP contribution >= 0.6 is 0 Å². The quantitative estimate of drug-likeness (QED) is 0.384. The van der Waals surface area contributed by atoms with Gasteiger partial charge in [0.1, 0.15) is 0 Å². The number of rotatable bonds is 6. The number of fused-ring (bicyclic) bond motifs is 1. The fourth-order valence-corrected chi connectivity index (χ4v) is 3.30. The van der Waals surface area contributed by atoms with Crippen molar-refractivity contribution in [3.05, 3.63) is 94.3 Å². The van der Waals surface area contributed by atoms with E-state index in [0.717, 1.165) is 16.3 Å². The first-order valence-electron chi connectivity index (χ1n) is 9.18. The summed E-state index contributed by atoms with van der Waals surface area (Å²) in [6.07, 6.45) is 3.26. The molecule has 0 saturated heterocycles. The Kier molecular flexibility index (Phi) is 5.13. The lowest BCUT2D eigenvalue weighted by atomic mass is 10.0. The molecule has 30 heavy (non-hydrogen) atoms. The lowest BCUT2D eigenvalue weighted by Crippen LogP contribution is -2.12. The number of hydrogen-bond donors (Lipinski definition) is 1. The van der Waals surface area contributed by atoms with Gasteiger partial charge in [-0.1, -0.05) is 42.5 Å². The summed E-state index contributed by atoms with van der Waals surface area (Å²) in [5.41, 5.74) is 1.50. The number of nitro benzene ring substituents is 1. The molecule has 1 heterocycles. The number of benzene rings is 3. The Balaban J connectivity index is 1.51. The van der Waals surface area contributed by atoms with Crippen LogP contribution in [0.25, 0.3) is 10.8 Å². The van der Waals surface area contributed by atoms with Crippen molar-refractivity contribution in [3.8, 4) is 5.75 Å². The van der Waals surface area contributed by atoms with E-state index in [-0.39, 0.29) is 17.0 Å². The van der Waals surface area contributed by atoms with E-state index in [4.69, 9.17) is 4.74 Å². The zero-order chi connectivity index (χ0) is 21.1. The molecule has 150 valence electrons. The van der Waals surface area contributed by atoms with Gasteiger partial charge in [0.2, 0.25) is 0 Å². The molecular weight excluding hydrogens is 384 g/mol. The van der Waals surface area contributed by atoms with Gasteiger partial charge in [-0.25, -0.2) is 0 Å². The molecule has 0 unspecified atom stereocenters. The molecule has 0 fully saturated rings. The number of carbonyl (C=O) groups is 1. The predicted octanol–water partition coefficient (Wildman–Crippen LogP) is 4.25. The summed E-state index contributed by atoms with van der Waals surface area (Å²) in [4.78, 5) is 23.1. The first kappa shape index (κ1) is 19.1. The van der Waals surface area contributed by atoms with Crippen molar-refractivity contribution in [2.75, 3.05) is 12.4 Å². The van der Waals surface area contributed by atoms with Crippen molar-refractivity contribution in [1.29, 1.82) is 0 Å². The Bertz CT molecular complexity index is 1240. The van der Waals surface area contributed by atoms with Gasteiger partial charge in [-0.15, -0.1) is 0 Å². The first-order valence-corrected chi connectivity index (χ1v) is 9.18. The topological polar surface area (TPSA) is 99.3 Å². The summed E-state index contributed by atoms with van der Waals surface area (Å²) in [5, 5.41) is 20.5. The molecule has 0 atom stereocenters. The highest BCUT2D eigenvalue weighted by atomic mass is 16.6. The van der Waals surface area contributed by atoms with Gasteiger partial charge in [0.05, 0.1) is 30.5 Å². The van der Waals surface area contributed by atoms with Crippen LogP contribution in [0.4, 0.5) is 11.4 Å². The maximum atomic E-state index is 12.5. The van der Waals surface area contributed by atoms with E-state index in [1.807, 2.05) is 24.3 Å². The maximum absolute atomic E-state index is 12.5. The van der Waals surface area contributed by atoms with Crippen LogP contribution in [0.1, 0.15) is 15.9 Å². The van der Waals surface area contributed by atoms with Crippen LogP contribution in [0.5, 0.6) is 5.75 Å². The number of amides is 1. The smallest absolute Gasteiger partial charge is 0.311 e. The van der Waals surface area contributed by atoms with Crippen molar-refractivity contribution in [1.82, 2.24) is 9.78 Å². The molecule has 4 rings (SSSR count). The summed E-state index contributed by atoms with van der Waals surface area (Å²) in [5.74, 6) is -0.370. The summed E-state index contributed by atoms with van der Waals surface area (Å²) in [6, 6.07) is 18.3. The highest BCUT2D eigenvalue weighted by Gasteiger charge is 2.18. The summed E-state index contributed by atoms with van der Waals surface area (Å²) < 4.78 is 6.69. The molecule has 1 N–H and O–H groups in total. The molecule has 8 nitrogen and oxygen atoms in total. The van der Waals surface area contributed by atoms with E-state index in [1.54, 1.807) is 17.1 Å². The minimum atomic E-state index is -0.585. The number of nitro groups is 1. The van der Waals surface area contributed by atoms with E-state index in [0.29, 0.717) is 12.2 Å². The second-order valence-electron chi connectivity index (χ2n) is 6.66. The summed E-state index contributed by atoms with van der Waals surface area (Å²) in [7, 11) is 1.34. The van der Waals surface area contributed by atoms with E-state index in [9.17, 15) is 14.9 Å². The number of methoxy groups -OCH3 is 1. The van der Waals surface area contributed by atoms with Crippen LogP contribution in [0.2, 0.25) is 0 Å². The maximum Gasteiger partial charge on any atom is 0.311 e. The van der Waals surface area contributed by atoms with Crippen molar-refractivity contribution in [3.63, 3.8) is 0 Å². The van der Waals surface area contributed by atoms with Crippen LogP contribution in [-0.2, 0) is 6.54 Å². The van der Waals surface area contributed by atoms with Crippen molar-refractivity contribution < 1.29 is 14.5 Å². The number of nitrogens with zero attached hydrogens (tertiary/aromatic N) is 3. The number of ether oxygens (including phenoxy) is 1.